The zero-order valence-corrected chi connectivity index (χ0v) is 11.0. The van der Waals surface area contributed by atoms with Crippen molar-refractivity contribution < 1.29 is 22.4 Å². The number of rotatable bonds is 6. The molecule has 1 rings (SSSR count). The molecule has 0 saturated heterocycles. The Kier molecular flexibility index (Phi) is 5.35. The van der Waals surface area contributed by atoms with E-state index in [0.29, 0.717) is 17.7 Å². The quantitative estimate of drug-likeness (QED) is 0.647. The molecule has 0 radical (unpaired) electrons. The summed E-state index contributed by atoms with van der Waals surface area (Å²) in [5, 5.41) is 0. The summed E-state index contributed by atoms with van der Waals surface area (Å²) < 4.78 is 50.7. The lowest BCUT2D eigenvalue weighted by molar-refractivity contribution is -0.181. The average Bonchev–Trinajstić information content (AvgIpc) is 2.39. The van der Waals surface area contributed by atoms with Gasteiger partial charge in [0.15, 0.2) is 0 Å². The van der Waals surface area contributed by atoms with Crippen LogP contribution >= 0.6 is 0 Å². The maximum atomic E-state index is 13.1. The van der Waals surface area contributed by atoms with E-state index < -0.39 is 18.3 Å². The number of carbonyl (C=O) groups is 1. The van der Waals surface area contributed by atoms with Crippen molar-refractivity contribution in [1.29, 1.82) is 0 Å². The number of nitrogens with two attached hydrogens (primary N) is 1. The van der Waals surface area contributed by atoms with Crippen molar-refractivity contribution in [2.24, 2.45) is 0 Å². The predicted octanol–water partition coefficient (Wildman–Crippen LogP) is 2.91. The molecule has 0 spiro atoms. The molecule has 0 unspecified atom stereocenters. The number of benzene rings is 1. The van der Waals surface area contributed by atoms with Gasteiger partial charge in [0, 0.05) is 18.8 Å². The van der Waals surface area contributed by atoms with E-state index in [1.165, 1.54) is 0 Å². The van der Waals surface area contributed by atoms with E-state index in [-0.39, 0.29) is 13.1 Å². The number of hydrogen-bond donors (Lipinski definition) is 1. The van der Waals surface area contributed by atoms with Gasteiger partial charge in [0.05, 0.1) is 0 Å². The van der Waals surface area contributed by atoms with Crippen LogP contribution in [0.4, 0.5) is 23.2 Å². The van der Waals surface area contributed by atoms with Gasteiger partial charge < -0.3 is 10.6 Å². The molecule has 1 aromatic rings. The molecule has 0 aliphatic carbocycles. The molecule has 0 saturated carbocycles. The highest BCUT2D eigenvalue weighted by Crippen LogP contribution is 2.26. The molecule has 112 valence electrons. The van der Waals surface area contributed by atoms with Crippen LogP contribution in [0, 0.1) is 0 Å². The fraction of sp³-hybridized carbons (Fsp3) is 0.462. The fourth-order valence-corrected chi connectivity index (χ4v) is 1.67. The number of halogens is 4. The first-order valence-corrected chi connectivity index (χ1v) is 6.08. The summed E-state index contributed by atoms with van der Waals surface area (Å²) in [4.78, 5) is 12.3. The number of amides is 1. The second-order valence-electron chi connectivity index (χ2n) is 4.39. The second-order valence-corrected chi connectivity index (χ2v) is 4.39. The average molecular weight is 292 g/mol. The number of alkyl halides is 4. The highest BCUT2D eigenvalue weighted by atomic mass is 19.3. The van der Waals surface area contributed by atoms with Crippen molar-refractivity contribution in [3.05, 3.63) is 29.8 Å². The van der Waals surface area contributed by atoms with Crippen LogP contribution in [-0.4, -0.2) is 29.7 Å². The third-order valence-electron chi connectivity index (χ3n) is 2.69. The van der Waals surface area contributed by atoms with Crippen molar-refractivity contribution in [3.63, 3.8) is 0 Å². The Bertz CT molecular complexity index is 448. The van der Waals surface area contributed by atoms with Crippen molar-refractivity contribution in [2.75, 3.05) is 12.3 Å². The maximum absolute atomic E-state index is 13.1. The van der Waals surface area contributed by atoms with Crippen LogP contribution in [0.25, 0.3) is 0 Å². The molecule has 1 aromatic carbocycles. The van der Waals surface area contributed by atoms with Gasteiger partial charge in [-0.1, -0.05) is 19.1 Å². The Balaban J connectivity index is 2.88. The topological polar surface area (TPSA) is 46.3 Å². The molecule has 0 aromatic heterocycles. The molecule has 7 heteroatoms. The molecule has 3 nitrogen and oxygen atoms in total. The third kappa shape index (κ3) is 3.85. The van der Waals surface area contributed by atoms with E-state index in [4.69, 9.17) is 5.73 Å². The Morgan fingerprint density at radius 1 is 1.30 bits per heavy atom. The summed E-state index contributed by atoms with van der Waals surface area (Å²) in [6, 6.07) is 6.22. The van der Waals surface area contributed by atoms with Crippen LogP contribution in [0.5, 0.6) is 0 Å². The zero-order chi connectivity index (χ0) is 15.3. The standard InChI is InChI=1S/C13H16F4N2O/c1-2-7-19(12(20)13(16,17)11(14)15)8-9-3-5-10(18)6-4-9/h3-6,11H,2,7-8,18H2,1H3. The van der Waals surface area contributed by atoms with Gasteiger partial charge in [-0.25, -0.2) is 8.78 Å². The molecule has 20 heavy (non-hydrogen) atoms. The van der Waals surface area contributed by atoms with E-state index in [2.05, 4.69) is 0 Å². The summed E-state index contributed by atoms with van der Waals surface area (Å²) in [5.74, 6) is -6.52. The molecular weight excluding hydrogens is 276 g/mol. The van der Waals surface area contributed by atoms with E-state index in [0.717, 1.165) is 4.90 Å². The van der Waals surface area contributed by atoms with Gasteiger partial charge in [-0.3, -0.25) is 4.79 Å². The van der Waals surface area contributed by atoms with Crippen molar-refractivity contribution >= 4 is 11.6 Å². The summed E-state index contributed by atoms with van der Waals surface area (Å²) in [6.07, 6.45) is -3.62. The number of anilines is 1. The Labute approximate surface area is 114 Å². The molecule has 0 bridgehead atoms. The lowest BCUT2D eigenvalue weighted by Crippen LogP contribution is -2.47. The summed E-state index contributed by atoms with van der Waals surface area (Å²) in [7, 11) is 0. The maximum Gasteiger partial charge on any atom is 0.383 e. The molecule has 0 heterocycles. The Morgan fingerprint density at radius 2 is 1.85 bits per heavy atom. The van der Waals surface area contributed by atoms with Gasteiger partial charge >= 0.3 is 12.3 Å². The van der Waals surface area contributed by atoms with Crippen LogP contribution in [0.15, 0.2) is 24.3 Å². The molecule has 1 amide bonds. The predicted molar refractivity (Wildman–Crippen MR) is 67.5 cm³/mol. The lowest BCUT2D eigenvalue weighted by Gasteiger charge is -2.26. The molecule has 0 aliphatic rings. The van der Waals surface area contributed by atoms with Gasteiger partial charge in [0.2, 0.25) is 0 Å². The van der Waals surface area contributed by atoms with E-state index in [9.17, 15) is 22.4 Å². The number of carbonyl (C=O) groups excluding carboxylic acids is 1. The molecule has 0 fully saturated rings. The van der Waals surface area contributed by atoms with Gasteiger partial charge in [0.25, 0.3) is 5.91 Å². The summed E-state index contributed by atoms with van der Waals surface area (Å²) in [5.41, 5.74) is 6.52. The first-order valence-electron chi connectivity index (χ1n) is 6.08. The van der Waals surface area contributed by atoms with Crippen LogP contribution in [0.2, 0.25) is 0 Å². The van der Waals surface area contributed by atoms with Gasteiger partial charge in [-0.2, -0.15) is 8.78 Å². The van der Waals surface area contributed by atoms with Crippen LogP contribution in [0.1, 0.15) is 18.9 Å². The van der Waals surface area contributed by atoms with Crippen LogP contribution in [-0.2, 0) is 11.3 Å². The smallest absolute Gasteiger partial charge is 0.383 e. The molecule has 0 aliphatic heterocycles. The van der Waals surface area contributed by atoms with Crippen molar-refractivity contribution in [1.82, 2.24) is 4.90 Å². The SMILES string of the molecule is CCCN(Cc1ccc(N)cc1)C(=O)C(F)(F)C(F)F. The summed E-state index contributed by atoms with van der Waals surface area (Å²) in [6.45, 7) is 1.49. The first kappa shape index (κ1) is 16.3. The van der Waals surface area contributed by atoms with E-state index in [1.807, 2.05) is 0 Å². The number of nitrogens with zero attached hydrogens (tertiary/aromatic N) is 1. The minimum atomic E-state index is -4.66. The Morgan fingerprint density at radius 3 is 2.30 bits per heavy atom. The minimum absolute atomic E-state index is 0.0223. The molecule has 0 atom stereocenters. The zero-order valence-electron chi connectivity index (χ0n) is 11.0. The van der Waals surface area contributed by atoms with Crippen molar-refractivity contribution in [2.45, 2.75) is 32.2 Å². The monoisotopic (exact) mass is 292 g/mol. The first-order chi connectivity index (χ1) is 9.28. The van der Waals surface area contributed by atoms with E-state index >= 15 is 0 Å². The van der Waals surface area contributed by atoms with Crippen molar-refractivity contribution in [3.8, 4) is 0 Å². The number of nitrogen functional groups attached to an aromatic ring is 1. The normalized spacial score (nSPS) is 11.7. The van der Waals surface area contributed by atoms with Gasteiger partial charge in [-0.05, 0) is 24.1 Å². The third-order valence-corrected chi connectivity index (χ3v) is 2.69. The van der Waals surface area contributed by atoms with Gasteiger partial charge in [-0.15, -0.1) is 0 Å². The highest BCUT2D eigenvalue weighted by Gasteiger charge is 2.50. The molecular formula is C13H16F4N2O. The Hall–Kier alpha value is -1.79. The molecule has 2 N–H and O–H groups in total. The van der Waals surface area contributed by atoms with Gasteiger partial charge in [0.1, 0.15) is 0 Å². The lowest BCUT2D eigenvalue weighted by atomic mass is 10.1. The minimum Gasteiger partial charge on any atom is -0.399 e. The largest absolute Gasteiger partial charge is 0.399 e. The van der Waals surface area contributed by atoms with Crippen LogP contribution in [0.3, 0.4) is 0 Å². The fourth-order valence-electron chi connectivity index (χ4n) is 1.67. The summed E-state index contributed by atoms with van der Waals surface area (Å²) >= 11 is 0. The van der Waals surface area contributed by atoms with Crippen LogP contribution < -0.4 is 5.73 Å². The highest BCUT2D eigenvalue weighted by molar-refractivity contribution is 5.84. The van der Waals surface area contributed by atoms with E-state index in [1.54, 1.807) is 31.2 Å². The second kappa shape index (κ2) is 6.58. The number of hydrogen-bond acceptors (Lipinski definition) is 2.